The number of benzene rings is 2. The van der Waals surface area contributed by atoms with E-state index in [1.165, 1.54) is 0 Å². The van der Waals surface area contributed by atoms with Gasteiger partial charge in [0, 0.05) is 16.3 Å². The fraction of sp³-hybridized carbons (Fsp3) is 0.167. The molecular formula is C18H17ClN2O2S. The van der Waals surface area contributed by atoms with E-state index in [0.717, 1.165) is 16.8 Å². The van der Waals surface area contributed by atoms with Crippen molar-refractivity contribution in [2.24, 2.45) is 4.40 Å². The zero-order valence-electron chi connectivity index (χ0n) is 13.6. The second-order valence-electron chi connectivity index (χ2n) is 5.77. The number of hydrogen-bond donors (Lipinski definition) is 1. The lowest BCUT2D eigenvalue weighted by atomic mass is 10.1. The van der Waals surface area contributed by atoms with Gasteiger partial charge in [-0.3, -0.25) is 0 Å². The molecule has 1 heterocycles. The highest BCUT2D eigenvalue weighted by molar-refractivity contribution is 8.00. The Morgan fingerprint density at radius 2 is 1.67 bits per heavy atom. The van der Waals surface area contributed by atoms with Crippen molar-refractivity contribution in [3.05, 3.63) is 69.8 Å². The van der Waals surface area contributed by atoms with E-state index in [0.29, 0.717) is 22.0 Å². The Labute approximate surface area is 146 Å². The van der Waals surface area contributed by atoms with Crippen LogP contribution >= 0.6 is 11.6 Å². The zero-order valence-corrected chi connectivity index (χ0v) is 15.2. The first-order valence-electron chi connectivity index (χ1n) is 7.45. The van der Waals surface area contributed by atoms with Crippen molar-refractivity contribution in [3.8, 4) is 0 Å². The molecule has 1 N–H and O–H groups in total. The summed E-state index contributed by atoms with van der Waals surface area (Å²) in [7, 11) is -3.72. The molecule has 3 rings (SSSR count). The van der Waals surface area contributed by atoms with Gasteiger partial charge in [-0.05, 0) is 44.0 Å². The van der Waals surface area contributed by atoms with Gasteiger partial charge < -0.3 is 5.32 Å². The highest BCUT2D eigenvalue weighted by Crippen LogP contribution is 2.34. The molecule has 124 valence electrons. The summed E-state index contributed by atoms with van der Waals surface area (Å²) in [6, 6.07) is 12.8. The predicted octanol–water partition coefficient (Wildman–Crippen LogP) is 4.54. The van der Waals surface area contributed by atoms with Crippen molar-refractivity contribution < 1.29 is 8.42 Å². The lowest BCUT2D eigenvalue weighted by Crippen LogP contribution is -2.12. The second kappa shape index (κ2) is 6.07. The molecule has 0 bridgehead atoms. The molecule has 1 aliphatic rings. The Hall–Kier alpha value is -2.11. The summed E-state index contributed by atoms with van der Waals surface area (Å²) >= 11 is 6.12. The molecular weight excluding hydrogens is 344 g/mol. The topological polar surface area (TPSA) is 58.5 Å². The number of sulfonamides is 1. The highest BCUT2D eigenvalue weighted by Gasteiger charge is 2.31. The fourth-order valence-electron chi connectivity index (χ4n) is 2.59. The van der Waals surface area contributed by atoms with Crippen LogP contribution in [-0.2, 0) is 10.0 Å². The molecule has 0 radical (unpaired) electrons. The summed E-state index contributed by atoms with van der Waals surface area (Å²) in [5.74, 6) is 0.330. The Bertz CT molecular complexity index is 975. The van der Waals surface area contributed by atoms with Crippen LogP contribution in [0.3, 0.4) is 0 Å². The van der Waals surface area contributed by atoms with Crippen LogP contribution in [0.2, 0.25) is 5.02 Å². The van der Waals surface area contributed by atoms with Crippen molar-refractivity contribution >= 4 is 38.1 Å². The van der Waals surface area contributed by atoms with Gasteiger partial charge in [-0.25, -0.2) is 0 Å². The molecule has 2 aromatic carbocycles. The molecule has 0 saturated carbocycles. The standard InChI is InChI=1S/C18H17ClN2O2S/c1-11-7-9-14(10-8-11)17-13(3)18(21-24(17,22)23)20-16-6-4-5-15(19)12(16)2/h4-10H,1-3H3,(H,20,21). The van der Waals surface area contributed by atoms with Crippen molar-refractivity contribution in [2.45, 2.75) is 20.8 Å². The van der Waals surface area contributed by atoms with Crippen molar-refractivity contribution in [1.29, 1.82) is 0 Å². The number of hydrogen-bond acceptors (Lipinski definition) is 3. The lowest BCUT2D eigenvalue weighted by molar-refractivity contribution is 0.608. The Kier molecular flexibility index (Phi) is 4.24. The molecule has 0 fully saturated rings. The van der Waals surface area contributed by atoms with Crippen LogP contribution in [0, 0.1) is 13.8 Å². The van der Waals surface area contributed by atoms with Crippen molar-refractivity contribution in [1.82, 2.24) is 0 Å². The van der Waals surface area contributed by atoms with Crippen LogP contribution in [0.1, 0.15) is 23.6 Å². The summed E-state index contributed by atoms with van der Waals surface area (Å²) in [6.07, 6.45) is 0. The number of nitrogens with zero attached hydrogens (tertiary/aromatic N) is 1. The number of amidine groups is 1. The molecule has 2 aromatic rings. The van der Waals surface area contributed by atoms with Crippen molar-refractivity contribution in [2.75, 3.05) is 5.32 Å². The van der Waals surface area contributed by atoms with Gasteiger partial charge in [0.05, 0.1) is 0 Å². The summed E-state index contributed by atoms with van der Waals surface area (Å²) in [5, 5.41) is 3.71. The maximum atomic E-state index is 12.5. The van der Waals surface area contributed by atoms with Gasteiger partial charge in [0.25, 0.3) is 10.0 Å². The molecule has 0 aliphatic carbocycles. The van der Waals surface area contributed by atoms with Gasteiger partial charge in [0.2, 0.25) is 0 Å². The van der Waals surface area contributed by atoms with Crippen LogP contribution in [0.4, 0.5) is 5.69 Å². The monoisotopic (exact) mass is 360 g/mol. The third kappa shape index (κ3) is 2.97. The van der Waals surface area contributed by atoms with Gasteiger partial charge in [0.15, 0.2) is 0 Å². The Morgan fingerprint density at radius 1 is 1.00 bits per heavy atom. The molecule has 0 aromatic heterocycles. The summed E-state index contributed by atoms with van der Waals surface area (Å²) in [5.41, 5.74) is 3.89. The molecule has 0 atom stereocenters. The van der Waals surface area contributed by atoms with Crippen LogP contribution in [0.15, 0.2) is 52.4 Å². The minimum atomic E-state index is -3.72. The average Bonchev–Trinajstić information content (AvgIpc) is 2.74. The van der Waals surface area contributed by atoms with E-state index in [4.69, 9.17) is 11.6 Å². The van der Waals surface area contributed by atoms with E-state index in [2.05, 4.69) is 9.71 Å². The predicted molar refractivity (Wildman–Crippen MR) is 99.9 cm³/mol. The van der Waals surface area contributed by atoms with E-state index in [-0.39, 0.29) is 4.91 Å². The molecule has 0 spiro atoms. The van der Waals surface area contributed by atoms with E-state index < -0.39 is 10.0 Å². The zero-order chi connectivity index (χ0) is 17.5. The molecule has 0 unspecified atom stereocenters. The van der Waals surface area contributed by atoms with Crippen LogP contribution in [0.5, 0.6) is 0 Å². The first kappa shape index (κ1) is 16.7. The van der Waals surface area contributed by atoms with E-state index in [9.17, 15) is 8.42 Å². The van der Waals surface area contributed by atoms with Gasteiger partial charge in [0.1, 0.15) is 10.7 Å². The molecule has 6 heteroatoms. The van der Waals surface area contributed by atoms with Crippen LogP contribution in [-0.4, -0.2) is 14.3 Å². The first-order valence-corrected chi connectivity index (χ1v) is 9.27. The molecule has 24 heavy (non-hydrogen) atoms. The Morgan fingerprint density at radius 3 is 2.33 bits per heavy atom. The van der Waals surface area contributed by atoms with E-state index in [1.54, 1.807) is 25.1 Å². The van der Waals surface area contributed by atoms with Gasteiger partial charge in [-0.1, -0.05) is 47.5 Å². The fourth-order valence-corrected chi connectivity index (χ4v) is 4.20. The Balaban J connectivity index is 2.04. The number of halogens is 1. The average molecular weight is 361 g/mol. The summed E-state index contributed by atoms with van der Waals surface area (Å²) in [4.78, 5) is 0.240. The summed E-state index contributed by atoms with van der Waals surface area (Å²) in [6.45, 7) is 5.58. The number of anilines is 1. The maximum absolute atomic E-state index is 12.5. The molecule has 4 nitrogen and oxygen atoms in total. The van der Waals surface area contributed by atoms with Crippen molar-refractivity contribution in [3.63, 3.8) is 0 Å². The third-order valence-corrected chi connectivity index (χ3v) is 5.89. The van der Waals surface area contributed by atoms with Crippen LogP contribution in [0.25, 0.3) is 4.91 Å². The van der Waals surface area contributed by atoms with Gasteiger partial charge in [-0.2, -0.15) is 8.42 Å². The minimum absolute atomic E-state index is 0.240. The normalized spacial score (nSPS) is 16.2. The highest BCUT2D eigenvalue weighted by atomic mass is 35.5. The third-order valence-electron chi connectivity index (χ3n) is 4.00. The van der Waals surface area contributed by atoms with E-state index >= 15 is 0 Å². The number of rotatable bonds is 2. The largest absolute Gasteiger partial charge is 0.339 e. The van der Waals surface area contributed by atoms with Gasteiger partial charge in [-0.15, -0.1) is 4.40 Å². The molecule has 0 amide bonds. The maximum Gasteiger partial charge on any atom is 0.285 e. The smallest absolute Gasteiger partial charge is 0.285 e. The SMILES string of the molecule is CC1=C(c2ccc(C)cc2)S(=O)(=O)N=C1Nc1cccc(Cl)c1C. The first-order chi connectivity index (χ1) is 11.3. The lowest BCUT2D eigenvalue weighted by Gasteiger charge is -2.11. The van der Waals surface area contributed by atoms with Gasteiger partial charge >= 0.3 is 0 Å². The quantitative estimate of drug-likeness (QED) is 0.855. The molecule has 1 aliphatic heterocycles. The number of nitrogens with one attached hydrogen (secondary N) is 1. The second-order valence-corrected chi connectivity index (χ2v) is 7.72. The van der Waals surface area contributed by atoms with Crippen LogP contribution < -0.4 is 5.32 Å². The molecule has 0 saturated heterocycles. The summed E-state index contributed by atoms with van der Waals surface area (Å²) < 4.78 is 28.9. The van der Waals surface area contributed by atoms with E-state index in [1.807, 2.05) is 38.1 Å². The minimum Gasteiger partial charge on any atom is -0.339 e. The number of aryl methyl sites for hydroxylation is 1.